The molecule has 0 aliphatic carbocycles. The third kappa shape index (κ3) is 5.59. The summed E-state index contributed by atoms with van der Waals surface area (Å²) in [4.78, 5) is 39.6. The van der Waals surface area contributed by atoms with Gasteiger partial charge in [0, 0.05) is 31.4 Å². The highest BCUT2D eigenvalue weighted by molar-refractivity contribution is 7.15. The van der Waals surface area contributed by atoms with Gasteiger partial charge >= 0.3 is 0 Å². The van der Waals surface area contributed by atoms with E-state index in [0.717, 1.165) is 30.6 Å². The van der Waals surface area contributed by atoms with Crippen LogP contribution in [-0.4, -0.2) is 59.2 Å². The van der Waals surface area contributed by atoms with Gasteiger partial charge in [-0.25, -0.2) is 0 Å². The first-order chi connectivity index (χ1) is 15.9. The molecule has 1 saturated heterocycles. The number of likely N-dealkylation sites (tertiary alicyclic amines) is 1. The molecule has 33 heavy (non-hydrogen) atoms. The van der Waals surface area contributed by atoms with Gasteiger partial charge in [-0.05, 0) is 37.3 Å². The second-order valence-corrected chi connectivity index (χ2v) is 9.48. The van der Waals surface area contributed by atoms with Crippen molar-refractivity contribution in [2.75, 3.05) is 31.7 Å². The van der Waals surface area contributed by atoms with Crippen LogP contribution in [0.5, 0.6) is 11.5 Å². The molecule has 0 unspecified atom stereocenters. The van der Waals surface area contributed by atoms with Crippen molar-refractivity contribution in [3.63, 3.8) is 0 Å². The van der Waals surface area contributed by atoms with Crippen LogP contribution in [0.4, 0.5) is 5.69 Å². The highest BCUT2D eigenvalue weighted by Gasteiger charge is 2.31. The third-order valence-electron chi connectivity index (χ3n) is 5.53. The highest BCUT2D eigenvalue weighted by Crippen LogP contribution is 2.34. The van der Waals surface area contributed by atoms with E-state index in [2.05, 4.69) is 34.7 Å². The van der Waals surface area contributed by atoms with Gasteiger partial charge in [-0.15, -0.1) is 10.2 Å². The van der Waals surface area contributed by atoms with Crippen molar-refractivity contribution >= 4 is 34.7 Å². The Hall–Kier alpha value is -3.21. The molecule has 0 bridgehead atoms. The zero-order valence-corrected chi connectivity index (χ0v) is 19.4. The van der Waals surface area contributed by atoms with Gasteiger partial charge in [-0.2, -0.15) is 0 Å². The number of hydrogen-bond acceptors (Lipinski definition) is 8. The van der Waals surface area contributed by atoms with Crippen LogP contribution in [0.25, 0.3) is 0 Å². The van der Waals surface area contributed by atoms with Gasteiger partial charge < -0.3 is 25.0 Å². The second kappa shape index (κ2) is 10.2. The fourth-order valence-electron chi connectivity index (χ4n) is 3.70. The number of benzene rings is 1. The van der Waals surface area contributed by atoms with E-state index in [-0.39, 0.29) is 34.5 Å². The zero-order chi connectivity index (χ0) is 23.4. The summed E-state index contributed by atoms with van der Waals surface area (Å²) in [5.41, 5.74) is 0.523. The van der Waals surface area contributed by atoms with Gasteiger partial charge in [-0.1, -0.05) is 25.2 Å². The normalized spacial score (nSPS) is 17.2. The van der Waals surface area contributed by atoms with E-state index in [0.29, 0.717) is 42.7 Å². The molecule has 1 atom stereocenters. The predicted octanol–water partition coefficient (Wildman–Crippen LogP) is 2.53. The fraction of sp³-hybridized carbons (Fsp3) is 0.500. The first kappa shape index (κ1) is 23.0. The van der Waals surface area contributed by atoms with E-state index in [9.17, 15) is 14.4 Å². The van der Waals surface area contributed by atoms with Crippen LogP contribution in [0, 0.1) is 11.8 Å². The quantitative estimate of drug-likeness (QED) is 0.633. The van der Waals surface area contributed by atoms with E-state index < -0.39 is 5.91 Å². The Morgan fingerprint density at radius 1 is 1.18 bits per heavy atom. The van der Waals surface area contributed by atoms with Crippen LogP contribution in [0.15, 0.2) is 18.2 Å². The molecule has 4 rings (SSSR count). The van der Waals surface area contributed by atoms with E-state index in [4.69, 9.17) is 9.47 Å². The summed E-state index contributed by atoms with van der Waals surface area (Å²) >= 11 is 0.932. The first-order valence-corrected chi connectivity index (χ1v) is 11.8. The van der Waals surface area contributed by atoms with Crippen LogP contribution in [-0.2, 0) is 4.79 Å². The Bertz CT molecular complexity index is 1040. The standard InChI is InChI=1S/C22H27N5O5S/c1-13(2)7-8-23-18(28)14-4-3-9-27(11-14)22(30)21-26-25-20(33-21)19(29)24-15-5-6-16-17(10-15)32-12-31-16/h5-6,10,13-14H,3-4,7-9,11-12H2,1-2H3,(H,23,28)(H,24,29)/t14-/m0/s1. The third-order valence-corrected chi connectivity index (χ3v) is 6.44. The molecule has 0 spiro atoms. The minimum atomic E-state index is -0.466. The molecule has 2 N–H and O–H groups in total. The van der Waals surface area contributed by atoms with Crippen molar-refractivity contribution in [3.8, 4) is 11.5 Å². The molecular formula is C22H27N5O5S. The molecule has 2 aliphatic heterocycles. The average molecular weight is 474 g/mol. The number of fused-ring (bicyclic) bond motifs is 1. The number of carbonyl (C=O) groups excluding carboxylic acids is 3. The lowest BCUT2D eigenvalue weighted by Crippen LogP contribution is -2.45. The highest BCUT2D eigenvalue weighted by atomic mass is 32.1. The molecule has 176 valence electrons. The van der Waals surface area contributed by atoms with Crippen molar-refractivity contribution < 1.29 is 23.9 Å². The minimum absolute atomic E-state index is 0.0193. The van der Waals surface area contributed by atoms with Crippen LogP contribution in [0.3, 0.4) is 0 Å². The lowest BCUT2D eigenvalue weighted by molar-refractivity contribution is -0.126. The number of carbonyl (C=O) groups is 3. The minimum Gasteiger partial charge on any atom is -0.454 e. The number of nitrogens with one attached hydrogen (secondary N) is 2. The molecule has 0 radical (unpaired) electrons. The van der Waals surface area contributed by atoms with Crippen molar-refractivity contribution in [2.45, 2.75) is 33.1 Å². The molecule has 10 nitrogen and oxygen atoms in total. The van der Waals surface area contributed by atoms with Gasteiger partial charge in [0.25, 0.3) is 11.8 Å². The van der Waals surface area contributed by atoms with Crippen LogP contribution in [0.2, 0.25) is 0 Å². The summed E-state index contributed by atoms with van der Waals surface area (Å²) in [6.45, 7) is 5.89. The summed E-state index contributed by atoms with van der Waals surface area (Å²) in [7, 11) is 0. The molecule has 1 fully saturated rings. The smallest absolute Gasteiger partial charge is 0.286 e. The Morgan fingerprint density at radius 3 is 2.79 bits per heavy atom. The van der Waals surface area contributed by atoms with E-state index in [1.165, 1.54) is 0 Å². The maximum absolute atomic E-state index is 12.9. The number of aromatic nitrogens is 2. The van der Waals surface area contributed by atoms with Gasteiger partial charge in [0.2, 0.25) is 22.7 Å². The van der Waals surface area contributed by atoms with E-state index in [1.807, 2.05) is 0 Å². The lowest BCUT2D eigenvalue weighted by Gasteiger charge is -2.31. The Labute approximate surface area is 195 Å². The van der Waals surface area contributed by atoms with Crippen LogP contribution in [0.1, 0.15) is 52.7 Å². The Morgan fingerprint density at radius 2 is 1.97 bits per heavy atom. The second-order valence-electron chi connectivity index (χ2n) is 8.50. The molecule has 2 aromatic rings. The SMILES string of the molecule is CC(C)CCNC(=O)[C@H]1CCCN(C(=O)c2nnc(C(=O)Nc3ccc4c(c3)OCO4)s2)C1. The molecule has 2 aliphatic rings. The maximum Gasteiger partial charge on any atom is 0.286 e. The molecule has 3 heterocycles. The maximum atomic E-state index is 12.9. The summed E-state index contributed by atoms with van der Waals surface area (Å²) in [6, 6.07) is 5.06. The topological polar surface area (TPSA) is 123 Å². The van der Waals surface area contributed by atoms with Crippen molar-refractivity contribution in [2.24, 2.45) is 11.8 Å². The number of anilines is 1. The van der Waals surface area contributed by atoms with Gasteiger partial charge in [0.05, 0.1) is 5.92 Å². The van der Waals surface area contributed by atoms with Gasteiger partial charge in [-0.3, -0.25) is 14.4 Å². The number of ether oxygens (including phenoxy) is 2. The number of rotatable bonds is 7. The Balaban J connectivity index is 1.34. The molecular weight excluding hydrogens is 446 g/mol. The zero-order valence-electron chi connectivity index (χ0n) is 18.6. The van der Waals surface area contributed by atoms with Crippen molar-refractivity contribution in [3.05, 3.63) is 28.2 Å². The molecule has 1 aromatic heterocycles. The number of hydrogen-bond donors (Lipinski definition) is 2. The molecule has 1 aromatic carbocycles. The van der Waals surface area contributed by atoms with Crippen LogP contribution < -0.4 is 20.1 Å². The molecule has 3 amide bonds. The van der Waals surface area contributed by atoms with E-state index >= 15 is 0 Å². The first-order valence-electron chi connectivity index (χ1n) is 11.0. The summed E-state index contributed by atoms with van der Waals surface area (Å²) in [5, 5.41) is 13.7. The van der Waals surface area contributed by atoms with Gasteiger partial charge in [0.15, 0.2) is 11.5 Å². The molecule has 11 heteroatoms. The summed E-state index contributed by atoms with van der Waals surface area (Å²) < 4.78 is 10.6. The monoisotopic (exact) mass is 473 g/mol. The van der Waals surface area contributed by atoms with Crippen molar-refractivity contribution in [1.82, 2.24) is 20.4 Å². The van der Waals surface area contributed by atoms with Crippen LogP contribution >= 0.6 is 11.3 Å². The fourth-order valence-corrected chi connectivity index (χ4v) is 4.41. The van der Waals surface area contributed by atoms with Gasteiger partial charge in [0.1, 0.15) is 0 Å². The number of amides is 3. The summed E-state index contributed by atoms with van der Waals surface area (Å²) in [5.74, 6) is 0.647. The number of piperidine rings is 1. The molecule has 0 saturated carbocycles. The number of nitrogens with zero attached hydrogens (tertiary/aromatic N) is 3. The predicted molar refractivity (Wildman–Crippen MR) is 122 cm³/mol. The van der Waals surface area contributed by atoms with E-state index in [1.54, 1.807) is 23.1 Å². The summed E-state index contributed by atoms with van der Waals surface area (Å²) in [6.07, 6.45) is 2.41. The average Bonchev–Trinajstić information content (AvgIpc) is 3.48. The van der Waals surface area contributed by atoms with Crippen molar-refractivity contribution in [1.29, 1.82) is 0 Å². The lowest BCUT2D eigenvalue weighted by atomic mass is 9.97. The Kier molecular flexibility index (Phi) is 7.07. The largest absolute Gasteiger partial charge is 0.454 e.